The Balaban J connectivity index is 3.98. The number of nitrogens with zero attached hydrogens (tertiary/aromatic N) is 1. The molecule has 0 aliphatic carbocycles. The second kappa shape index (κ2) is 40.4. The van der Waals surface area contributed by atoms with Gasteiger partial charge >= 0.3 is 12.1 Å². The molecule has 1 atom stereocenters. The van der Waals surface area contributed by atoms with Crippen LogP contribution < -0.4 is 0 Å². The van der Waals surface area contributed by atoms with Crippen LogP contribution >= 0.6 is 0 Å². The first-order valence-electron chi connectivity index (χ1n) is 21.2. The summed E-state index contributed by atoms with van der Waals surface area (Å²) in [6, 6.07) is 0. The van der Waals surface area contributed by atoms with Crippen LogP contribution in [0.3, 0.4) is 0 Å². The Bertz CT molecular complexity index is 878. The predicted octanol–water partition coefficient (Wildman–Crippen LogP) is 13.4. The molecular formula is C45H81NO5. The third-order valence-electron chi connectivity index (χ3n) is 9.01. The highest BCUT2D eigenvalue weighted by Crippen LogP contribution is 2.15. The van der Waals surface area contributed by atoms with Crippen molar-refractivity contribution in [3.05, 3.63) is 48.6 Å². The second-order valence-electron chi connectivity index (χ2n) is 14.4. The first-order chi connectivity index (χ1) is 25.0. The Morgan fingerprint density at radius 1 is 0.510 bits per heavy atom. The average molecular weight is 716 g/mol. The van der Waals surface area contributed by atoms with Crippen molar-refractivity contribution in [2.75, 3.05) is 33.9 Å². The lowest BCUT2D eigenvalue weighted by Crippen LogP contribution is -2.24. The van der Waals surface area contributed by atoms with Gasteiger partial charge in [-0.25, -0.2) is 4.79 Å². The topological polar surface area (TPSA) is 65.1 Å². The molecule has 51 heavy (non-hydrogen) atoms. The van der Waals surface area contributed by atoms with Crippen LogP contribution in [0.15, 0.2) is 48.6 Å². The molecule has 296 valence electrons. The zero-order valence-corrected chi connectivity index (χ0v) is 33.9. The molecule has 0 rings (SSSR count). The SMILES string of the molecule is CCCCCC=CCC=CCCCCCCCCOC(=O)OCCC(CCCCCCCCC=CCC=CCCCCC)OC(=O)CCN(C)C. The molecule has 0 bridgehead atoms. The Morgan fingerprint density at radius 2 is 0.941 bits per heavy atom. The van der Waals surface area contributed by atoms with Gasteiger partial charge in [0.15, 0.2) is 0 Å². The van der Waals surface area contributed by atoms with Crippen molar-refractivity contribution >= 4 is 12.1 Å². The number of carbonyl (C=O) groups is 2. The molecule has 0 aliphatic heterocycles. The van der Waals surface area contributed by atoms with E-state index in [1.54, 1.807) is 0 Å². The zero-order valence-electron chi connectivity index (χ0n) is 33.9. The van der Waals surface area contributed by atoms with Crippen molar-refractivity contribution in [2.24, 2.45) is 0 Å². The van der Waals surface area contributed by atoms with E-state index >= 15 is 0 Å². The summed E-state index contributed by atoms with van der Waals surface area (Å²) in [5.41, 5.74) is 0. The normalized spacial score (nSPS) is 12.6. The molecule has 0 N–H and O–H groups in total. The molecule has 0 aromatic carbocycles. The molecule has 0 saturated carbocycles. The maximum Gasteiger partial charge on any atom is 0.508 e. The number of unbranched alkanes of at least 4 members (excludes halogenated alkanes) is 18. The molecule has 0 fully saturated rings. The third kappa shape index (κ3) is 40.3. The largest absolute Gasteiger partial charge is 0.508 e. The summed E-state index contributed by atoms with van der Waals surface area (Å²) in [5.74, 6) is -0.186. The van der Waals surface area contributed by atoms with Crippen LogP contribution in [0.5, 0.6) is 0 Å². The summed E-state index contributed by atoms with van der Waals surface area (Å²) in [7, 11) is 3.90. The van der Waals surface area contributed by atoms with E-state index in [0.717, 1.165) is 64.2 Å². The van der Waals surface area contributed by atoms with Gasteiger partial charge in [0.1, 0.15) is 6.10 Å². The number of esters is 1. The molecule has 0 aliphatic rings. The van der Waals surface area contributed by atoms with Crippen molar-refractivity contribution in [3.63, 3.8) is 0 Å². The van der Waals surface area contributed by atoms with E-state index in [4.69, 9.17) is 14.2 Å². The number of allylic oxidation sites excluding steroid dienone is 8. The van der Waals surface area contributed by atoms with Crippen LogP contribution in [-0.4, -0.2) is 57.0 Å². The van der Waals surface area contributed by atoms with Gasteiger partial charge in [-0.2, -0.15) is 0 Å². The minimum atomic E-state index is -0.621. The maximum absolute atomic E-state index is 12.4. The van der Waals surface area contributed by atoms with Crippen molar-refractivity contribution in [3.8, 4) is 0 Å². The summed E-state index contributed by atoms with van der Waals surface area (Å²) < 4.78 is 16.4. The predicted molar refractivity (Wildman–Crippen MR) is 218 cm³/mol. The quantitative estimate of drug-likeness (QED) is 0.0362. The van der Waals surface area contributed by atoms with Crippen LogP contribution in [0.25, 0.3) is 0 Å². The molecule has 0 aromatic heterocycles. The Hall–Kier alpha value is -2.34. The lowest BCUT2D eigenvalue weighted by atomic mass is 10.0. The molecule has 1 unspecified atom stereocenters. The van der Waals surface area contributed by atoms with E-state index in [1.807, 2.05) is 19.0 Å². The molecule has 6 heteroatoms. The molecule has 0 saturated heterocycles. The highest BCUT2D eigenvalue weighted by atomic mass is 16.7. The minimum absolute atomic E-state index is 0.186. The van der Waals surface area contributed by atoms with Crippen LogP contribution in [0.4, 0.5) is 4.79 Å². The number of rotatable bonds is 37. The fourth-order valence-electron chi connectivity index (χ4n) is 5.74. The highest BCUT2D eigenvalue weighted by molar-refractivity contribution is 5.69. The third-order valence-corrected chi connectivity index (χ3v) is 9.01. The number of hydrogen-bond donors (Lipinski definition) is 0. The molecule has 0 aromatic rings. The molecular weight excluding hydrogens is 634 g/mol. The maximum atomic E-state index is 12.4. The van der Waals surface area contributed by atoms with Gasteiger partial charge < -0.3 is 19.1 Å². The fourth-order valence-corrected chi connectivity index (χ4v) is 5.74. The van der Waals surface area contributed by atoms with E-state index in [-0.39, 0.29) is 18.7 Å². The van der Waals surface area contributed by atoms with Gasteiger partial charge in [-0.3, -0.25) is 4.79 Å². The van der Waals surface area contributed by atoms with Gasteiger partial charge in [0.25, 0.3) is 0 Å². The zero-order chi connectivity index (χ0) is 37.3. The molecule has 0 radical (unpaired) electrons. The van der Waals surface area contributed by atoms with Crippen LogP contribution in [0, 0.1) is 0 Å². The van der Waals surface area contributed by atoms with Crippen molar-refractivity contribution in [2.45, 2.75) is 193 Å². The monoisotopic (exact) mass is 716 g/mol. The first-order valence-corrected chi connectivity index (χ1v) is 21.2. The number of hydrogen-bond acceptors (Lipinski definition) is 6. The average Bonchev–Trinajstić information content (AvgIpc) is 3.11. The lowest BCUT2D eigenvalue weighted by Gasteiger charge is -2.19. The smallest absolute Gasteiger partial charge is 0.462 e. The lowest BCUT2D eigenvalue weighted by molar-refractivity contribution is -0.150. The standard InChI is InChI=1S/C45H81NO5/c1-5-7-9-11-13-15-17-19-21-23-25-27-29-31-33-35-37-43(51-44(47)38-40-46(3)4)39-42-50-45(48)49-41-36-34-32-30-28-26-24-22-20-18-16-14-12-10-8-6-2/h13-16,19-22,43H,5-12,17-18,23-42H2,1-4H3. The van der Waals surface area contributed by atoms with Gasteiger partial charge in [-0.1, -0.05) is 140 Å². The fraction of sp³-hybridized carbons (Fsp3) is 0.778. The van der Waals surface area contributed by atoms with Gasteiger partial charge in [-0.15, -0.1) is 0 Å². The van der Waals surface area contributed by atoms with Crippen molar-refractivity contribution in [1.29, 1.82) is 0 Å². The van der Waals surface area contributed by atoms with Crippen molar-refractivity contribution in [1.82, 2.24) is 4.90 Å². The number of ether oxygens (including phenoxy) is 3. The van der Waals surface area contributed by atoms with Gasteiger partial charge in [0.05, 0.1) is 19.6 Å². The molecule has 6 nitrogen and oxygen atoms in total. The van der Waals surface area contributed by atoms with Crippen LogP contribution in [0.1, 0.15) is 187 Å². The number of carbonyl (C=O) groups excluding carboxylic acids is 2. The van der Waals surface area contributed by atoms with E-state index in [9.17, 15) is 9.59 Å². The van der Waals surface area contributed by atoms with E-state index in [1.165, 1.54) is 96.3 Å². The van der Waals surface area contributed by atoms with Gasteiger partial charge in [0.2, 0.25) is 0 Å². The summed E-state index contributed by atoms with van der Waals surface area (Å²) in [6.07, 6.45) is 47.8. The van der Waals surface area contributed by atoms with E-state index in [0.29, 0.717) is 26.0 Å². The molecule has 0 amide bonds. The molecule has 0 heterocycles. The second-order valence-corrected chi connectivity index (χ2v) is 14.4. The van der Waals surface area contributed by atoms with Gasteiger partial charge in [-0.05, 0) is 97.6 Å². The van der Waals surface area contributed by atoms with E-state index in [2.05, 4.69) is 62.5 Å². The Kier molecular flexibility index (Phi) is 38.6. The summed E-state index contributed by atoms with van der Waals surface area (Å²) in [5, 5.41) is 0. The minimum Gasteiger partial charge on any atom is -0.462 e. The Morgan fingerprint density at radius 3 is 1.43 bits per heavy atom. The summed E-state index contributed by atoms with van der Waals surface area (Å²) >= 11 is 0. The summed E-state index contributed by atoms with van der Waals surface area (Å²) in [4.78, 5) is 26.5. The van der Waals surface area contributed by atoms with E-state index < -0.39 is 6.16 Å². The van der Waals surface area contributed by atoms with Gasteiger partial charge in [0, 0.05) is 13.0 Å². The summed E-state index contributed by atoms with van der Waals surface area (Å²) in [6.45, 7) is 5.75. The van der Waals surface area contributed by atoms with Crippen LogP contribution in [0.2, 0.25) is 0 Å². The molecule has 0 spiro atoms. The van der Waals surface area contributed by atoms with Crippen molar-refractivity contribution < 1.29 is 23.8 Å². The Labute approximate surface area is 315 Å². The first kappa shape index (κ1) is 48.7. The van der Waals surface area contributed by atoms with Crippen LogP contribution in [-0.2, 0) is 19.0 Å². The highest BCUT2D eigenvalue weighted by Gasteiger charge is 2.16.